The van der Waals surface area contributed by atoms with E-state index in [4.69, 9.17) is 19.0 Å². The van der Waals surface area contributed by atoms with Gasteiger partial charge in [-0.25, -0.2) is 22.6 Å². The van der Waals surface area contributed by atoms with Crippen molar-refractivity contribution in [2.24, 2.45) is 0 Å². The molecule has 0 radical (unpaired) electrons. The van der Waals surface area contributed by atoms with Crippen molar-refractivity contribution in [2.75, 3.05) is 6.61 Å². The molecule has 0 amide bonds. The molecule has 5 N–H and O–H groups in total. The van der Waals surface area contributed by atoms with Gasteiger partial charge in [0.2, 0.25) is 0 Å². The Morgan fingerprint density at radius 2 is 1.97 bits per heavy atom. The predicted molar refractivity (Wildman–Crippen MR) is 95.9 cm³/mol. The van der Waals surface area contributed by atoms with Crippen molar-refractivity contribution in [2.45, 2.75) is 31.3 Å². The molecule has 166 valence electrons. The van der Waals surface area contributed by atoms with Crippen molar-refractivity contribution in [1.29, 1.82) is 0 Å². The molecular weight excluding hydrogens is 484 g/mol. The number of hydrogen-bond donors (Lipinski definition) is 5. The second kappa shape index (κ2) is 8.50. The summed E-state index contributed by atoms with van der Waals surface area (Å²) < 4.78 is 55.3. The predicted octanol–water partition coefficient (Wildman–Crippen LogP) is 0.0120. The number of nitrogens with one attached hydrogen (secondary N) is 1. The summed E-state index contributed by atoms with van der Waals surface area (Å²) in [5.74, 6) is 0. The van der Waals surface area contributed by atoms with Gasteiger partial charge in [-0.05, 0) is 18.7 Å². The highest BCUT2D eigenvalue weighted by molar-refractivity contribution is 8.08. The molecule has 1 saturated heterocycles. The van der Waals surface area contributed by atoms with Crippen molar-refractivity contribution in [1.82, 2.24) is 9.55 Å². The molecule has 19 heteroatoms. The summed E-state index contributed by atoms with van der Waals surface area (Å²) in [4.78, 5) is 60.9. The monoisotopic (exact) mass is 500 g/mol. The number of phosphoric acid groups is 2. The van der Waals surface area contributed by atoms with E-state index in [2.05, 4.69) is 20.4 Å². The summed E-state index contributed by atoms with van der Waals surface area (Å²) in [7, 11) is -10.9. The fourth-order valence-corrected chi connectivity index (χ4v) is 6.45. The van der Waals surface area contributed by atoms with Crippen molar-refractivity contribution in [3.63, 3.8) is 0 Å². The Morgan fingerprint density at radius 3 is 2.52 bits per heavy atom. The first-order valence-corrected chi connectivity index (χ1v) is 13.1. The molecule has 0 saturated carbocycles. The minimum atomic E-state index is -5.48. The van der Waals surface area contributed by atoms with Gasteiger partial charge in [-0.15, -0.1) is 0 Å². The molecule has 1 aliphatic rings. The zero-order valence-corrected chi connectivity index (χ0v) is 17.9. The fourth-order valence-electron chi connectivity index (χ4n) is 2.46. The number of nitrogens with zero attached hydrogens (tertiary/aromatic N) is 1. The van der Waals surface area contributed by atoms with Gasteiger partial charge in [0.05, 0.1) is 12.7 Å². The second-order valence-corrected chi connectivity index (χ2v) is 11.8. The number of aromatic amines is 1. The Labute approximate surface area is 166 Å². The van der Waals surface area contributed by atoms with E-state index in [1.807, 2.05) is 4.98 Å². The maximum Gasteiger partial charge on any atom is 0.488 e. The molecule has 2 rings (SSSR count). The van der Waals surface area contributed by atoms with Crippen LogP contribution in [0, 0.1) is 0 Å². The summed E-state index contributed by atoms with van der Waals surface area (Å²) in [6, 6.07) is 0.978. The van der Waals surface area contributed by atoms with E-state index in [9.17, 15) is 32.9 Å². The highest BCUT2D eigenvalue weighted by atomic mass is 32.5. The van der Waals surface area contributed by atoms with Gasteiger partial charge in [0.1, 0.15) is 0 Å². The van der Waals surface area contributed by atoms with Crippen LogP contribution in [0.3, 0.4) is 0 Å². The highest BCUT2D eigenvalue weighted by Crippen LogP contribution is 2.66. The number of hydrogen-bond acceptors (Lipinski definition) is 9. The summed E-state index contributed by atoms with van der Waals surface area (Å²) in [6.07, 6.45) is -1.94. The summed E-state index contributed by atoms with van der Waals surface area (Å²) in [5, 5.41) is 0. The second-order valence-electron chi connectivity index (χ2n) is 6.00. The Balaban J connectivity index is 2.05. The van der Waals surface area contributed by atoms with E-state index >= 15 is 0 Å². The average Bonchev–Trinajstić information content (AvgIpc) is 2.76. The van der Waals surface area contributed by atoms with Crippen LogP contribution in [-0.2, 0) is 38.8 Å². The average molecular weight is 500 g/mol. The molecule has 0 bridgehead atoms. The Kier molecular flexibility index (Phi) is 7.23. The molecule has 0 aromatic carbocycles. The molecule has 5 unspecified atom stereocenters. The molecule has 0 aliphatic carbocycles. The molecule has 5 atom stereocenters. The van der Waals surface area contributed by atoms with Crippen LogP contribution >= 0.6 is 22.4 Å². The largest absolute Gasteiger partial charge is 0.488 e. The fraction of sp³-hybridized carbons (Fsp3) is 0.600. The summed E-state index contributed by atoms with van der Waals surface area (Å²) in [5.41, 5.74) is -3.75. The number of halogens is 1. The van der Waals surface area contributed by atoms with Gasteiger partial charge in [0, 0.05) is 18.7 Å². The molecule has 1 aliphatic heterocycles. The standard InChI is InChI=1S/C10H16FN2O12P3S/c1-10(11)4-6(23-8(10)13-3-2-7(14)12-9(13)15)5-22-28(21,29)25-27(19,20)24-26(16,17)18/h2-3,6,8H,4-5H2,1H3,(H,19,20)(H,21,29)(H,12,14,15)(H2,16,17,18). The van der Waals surface area contributed by atoms with Crippen LogP contribution in [0.5, 0.6) is 0 Å². The third-order valence-corrected chi connectivity index (χ3v) is 8.13. The van der Waals surface area contributed by atoms with E-state index in [-0.39, 0.29) is 6.42 Å². The molecule has 2 heterocycles. The maximum absolute atomic E-state index is 14.8. The van der Waals surface area contributed by atoms with Gasteiger partial charge in [-0.3, -0.25) is 14.3 Å². The first kappa shape index (κ1) is 24.7. The SMILES string of the molecule is CC1(F)CC(COP(O)(=S)OP(=O)(O)OP(=O)(O)O)OC1n1ccc(=O)[nH]c1=O. The molecule has 1 aromatic heterocycles. The topological polar surface area (TPSA) is 207 Å². The van der Waals surface area contributed by atoms with Crippen LogP contribution < -0.4 is 11.2 Å². The zero-order chi connectivity index (χ0) is 22.3. The highest BCUT2D eigenvalue weighted by Gasteiger charge is 2.48. The summed E-state index contributed by atoms with van der Waals surface area (Å²) >= 11 is 4.44. The van der Waals surface area contributed by atoms with Gasteiger partial charge in [-0.2, -0.15) is 4.31 Å². The Morgan fingerprint density at radius 1 is 1.34 bits per heavy atom. The first-order valence-electron chi connectivity index (χ1n) is 7.44. The van der Waals surface area contributed by atoms with E-state index in [1.165, 1.54) is 0 Å². The van der Waals surface area contributed by atoms with Crippen molar-refractivity contribution < 1.29 is 51.0 Å². The third kappa shape index (κ3) is 7.24. The third-order valence-electron chi connectivity index (χ3n) is 3.41. The molecular formula is C10H16FN2O12P3S. The quantitative estimate of drug-likeness (QED) is 0.299. The zero-order valence-electron chi connectivity index (χ0n) is 14.4. The van der Waals surface area contributed by atoms with Crippen molar-refractivity contribution >= 4 is 34.2 Å². The van der Waals surface area contributed by atoms with Gasteiger partial charge in [0.15, 0.2) is 11.9 Å². The smallest absolute Gasteiger partial charge is 0.349 e. The van der Waals surface area contributed by atoms with E-state index in [1.54, 1.807) is 0 Å². The lowest BCUT2D eigenvalue weighted by Gasteiger charge is -2.22. The minimum absolute atomic E-state index is 0.367. The van der Waals surface area contributed by atoms with Crippen LogP contribution in [0.4, 0.5) is 4.39 Å². The van der Waals surface area contributed by atoms with E-state index in [0.717, 1.165) is 23.8 Å². The van der Waals surface area contributed by atoms with Crippen LogP contribution in [0.2, 0.25) is 0 Å². The van der Waals surface area contributed by atoms with Crippen LogP contribution in [0.1, 0.15) is 19.6 Å². The minimum Gasteiger partial charge on any atom is -0.349 e. The first-order chi connectivity index (χ1) is 13.0. The normalized spacial score (nSPS) is 29.3. The van der Waals surface area contributed by atoms with Gasteiger partial charge >= 0.3 is 28.1 Å². The van der Waals surface area contributed by atoms with Gasteiger partial charge in [-0.1, -0.05) is 0 Å². The molecule has 29 heavy (non-hydrogen) atoms. The van der Waals surface area contributed by atoms with Crippen molar-refractivity contribution in [3.8, 4) is 0 Å². The van der Waals surface area contributed by atoms with Crippen molar-refractivity contribution in [3.05, 3.63) is 33.1 Å². The van der Waals surface area contributed by atoms with Gasteiger partial charge < -0.3 is 28.8 Å². The Bertz CT molecular complexity index is 1020. The van der Waals surface area contributed by atoms with Crippen LogP contribution in [0.25, 0.3) is 0 Å². The van der Waals surface area contributed by atoms with E-state index < -0.39 is 58.2 Å². The maximum atomic E-state index is 14.8. The van der Waals surface area contributed by atoms with Crippen LogP contribution in [0.15, 0.2) is 21.9 Å². The number of ether oxygens (including phenoxy) is 1. The lowest BCUT2D eigenvalue weighted by Crippen LogP contribution is -2.38. The molecule has 0 spiro atoms. The number of aromatic nitrogens is 2. The number of rotatable bonds is 8. The number of H-pyrrole nitrogens is 1. The molecule has 1 fully saturated rings. The summed E-state index contributed by atoms with van der Waals surface area (Å²) in [6.45, 7) is -4.13. The lowest BCUT2D eigenvalue weighted by atomic mass is 10.0. The van der Waals surface area contributed by atoms with E-state index in [0.29, 0.717) is 0 Å². The lowest BCUT2D eigenvalue weighted by molar-refractivity contribution is -0.0593. The Hall–Kier alpha value is -0.600. The van der Waals surface area contributed by atoms with Crippen LogP contribution in [-0.4, -0.2) is 47.5 Å². The van der Waals surface area contributed by atoms with Gasteiger partial charge in [0.25, 0.3) is 5.56 Å². The molecule has 1 aromatic rings. The number of alkyl halides is 1. The molecule has 14 nitrogen and oxygen atoms in total.